The molecular weight excluding hydrogens is 218 g/mol. The Hall–Kier alpha value is -0.770. The van der Waals surface area contributed by atoms with Crippen molar-refractivity contribution >= 4 is 17.6 Å². The molecule has 0 atom stereocenters. The highest BCUT2D eigenvalue weighted by molar-refractivity contribution is 7.98. The quantitative estimate of drug-likeness (QED) is 0.584. The van der Waals surface area contributed by atoms with E-state index in [1.165, 1.54) is 12.8 Å². The van der Waals surface area contributed by atoms with Crippen molar-refractivity contribution in [1.82, 2.24) is 9.97 Å². The number of piperidine rings is 1. The third kappa shape index (κ3) is 2.67. The fourth-order valence-electron chi connectivity index (χ4n) is 2.02. The number of thioether (sulfide) groups is 1. The van der Waals surface area contributed by atoms with E-state index >= 15 is 0 Å². The molecule has 0 aromatic carbocycles. The van der Waals surface area contributed by atoms with Crippen molar-refractivity contribution in [3.05, 3.63) is 11.8 Å². The van der Waals surface area contributed by atoms with Gasteiger partial charge in [-0.1, -0.05) is 18.7 Å². The molecule has 0 saturated carbocycles. The molecule has 0 amide bonds. The van der Waals surface area contributed by atoms with Crippen LogP contribution in [0.5, 0.6) is 0 Å². The summed E-state index contributed by atoms with van der Waals surface area (Å²) in [5, 5.41) is 0.883. The minimum absolute atomic E-state index is 0.860. The van der Waals surface area contributed by atoms with Crippen molar-refractivity contribution in [2.24, 2.45) is 5.92 Å². The zero-order valence-electron chi connectivity index (χ0n) is 10.2. The van der Waals surface area contributed by atoms with E-state index in [0.717, 1.165) is 35.7 Å². The highest BCUT2D eigenvalue weighted by Gasteiger charge is 2.17. The molecule has 0 radical (unpaired) electrons. The second-order valence-corrected chi connectivity index (χ2v) is 5.30. The van der Waals surface area contributed by atoms with Gasteiger partial charge in [-0.25, -0.2) is 9.97 Å². The lowest BCUT2D eigenvalue weighted by Gasteiger charge is -2.31. The summed E-state index contributed by atoms with van der Waals surface area (Å²) in [5.41, 5.74) is 1.06. The Labute approximate surface area is 102 Å². The van der Waals surface area contributed by atoms with Crippen LogP contribution in [0.25, 0.3) is 0 Å². The summed E-state index contributed by atoms with van der Waals surface area (Å²) in [4.78, 5) is 11.3. The van der Waals surface area contributed by atoms with Gasteiger partial charge < -0.3 is 4.90 Å². The summed E-state index contributed by atoms with van der Waals surface area (Å²) in [6.45, 7) is 6.63. The molecule has 0 N–H and O–H groups in total. The lowest BCUT2D eigenvalue weighted by atomic mass is 9.99. The third-order valence-corrected chi connectivity index (χ3v) is 3.66. The number of rotatable bonds is 2. The number of aryl methyl sites for hydroxylation is 1. The van der Waals surface area contributed by atoms with Gasteiger partial charge in [0.1, 0.15) is 5.82 Å². The number of aromatic nitrogens is 2. The van der Waals surface area contributed by atoms with Gasteiger partial charge in [0.15, 0.2) is 5.16 Å². The number of hydrogen-bond donors (Lipinski definition) is 0. The molecule has 0 spiro atoms. The molecule has 1 aliphatic heterocycles. The molecule has 2 rings (SSSR count). The van der Waals surface area contributed by atoms with Gasteiger partial charge in [-0.2, -0.15) is 0 Å². The molecule has 0 aliphatic carbocycles. The van der Waals surface area contributed by atoms with E-state index in [4.69, 9.17) is 0 Å². The third-order valence-electron chi connectivity index (χ3n) is 3.11. The first-order chi connectivity index (χ1) is 7.69. The molecule has 4 heteroatoms. The molecule has 1 fully saturated rings. The highest BCUT2D eigenvalue weighted by atomic mass is 32.2. The lowest BCUT2D eigenvalue weighted by Crippen LogP contribution is -2.33. The molecule has 88 valence electrons. The Morgan fingerprint density at radius 3 is 2.62 bits per heavy atom. The minimum Gasteiger partial charge on any atom is -0.356 e. The Morgan fingerprint density at radius 1 is 1.31 bits per heavy atom. The molecule has 0 bridgehead atoms. The van der Waals surface area contributed by atoms with Gasteiger partial charge in [0.25, 0.3) is 0 Å². The Bertz CT molecular complexity index is 359. The highest BCUT2D eigenvalue weighted by Crippen LogP contribution is 2.23. The average Bonchev–Trinajstić information content (AvgIpc) is 2.29. The fraction of sp³-hybridized carbons (Fsp3) is 0.667. The van der Waals surface area contributed by atoms with E-state index in [2.05, 4.69) is 27.9 Å². The van der Waals surface area contributed by atoms with Gasteiger partial charge in [-0.15, -0.1) is 0 Å². The van der Waals surface area contributed by atoms with E-state index in [1.54, 1.807) is 11.8 Å². The first kappa shape index (κ1) is 11.7. The zero-order valence-corrected chi connectivity index (χ0v) is 11.0. The van der Waals surface area contributed by atoms with Crippen molar-refractivity contribution in [1.29, 1.82) is 0 Å². The standard InChI is InChI=1S/C12H19N3S/c1-9-4-6-15(7-5-9)11-8-10(2)13-12(14-11)16-3/h8-9H,4-7H2,1-3H3. The van der Waals surface area contributed by atoms with Crippen molar-refractivity contribution in [3.63, 3.8) is 0 Å². The van der Waals surface area contributed by atoms with Gasteiger partial charge >= 0.3 is 0 Å². The van der Waals surface area contributed by atoms with Crippen LogP contribution in [0.1, 0.15) is 25.5 Å². The molecule has 1 saturated heterocycles. The van der Waals surface area contributed by atoms with Crippen LogP contribution in [0, 0.1) is 12.8 Å². The maximum atomic E-state index is 4.58. The normalized spacial score (nSPS) is 17.8. The summed E-state index contributed by atoms with van der Waals surface area (Å²) < 4.78 is 0. The smallest absolute Gasteiger partial charge is 0.189 e. The SMILES string of the molecule is CSc1nc(C)cc(N2CCC(C)CC2)n1. The van der Waals surface area contributed by atoms with Crippen LogP contribution >= 0.6 is 11.8 Å². The monoisotopic (exact) mass is 237 g/mol. The van der Waals surface area contributed by atoms with E-state index < -0.39 is 0 Å². The van der Waals surface area contributed by atoms with Gasteiger partial charge in [-0.3, -0.25) is 0 Å². The van der Waals surface area contributed by atoms with Gasteiger partial charge in [-0.05, 0) is 31.9 Å². The minimum atomic E-state index is 0.860. The van der Waals surface area contributed by atoms with Crippen LogP contribution in [0.15, 0.2) is 11.2 Å². The number of anilines is 1. The van der Waals surface area contributed by atoms with Crippen LogP contribution in [0.4, 0.5) is 5.82 Å². The van der Waals surface area contributed by atoms with E-state index in [-0.39, 0.29) is 0 Å². The summed E-state index contributed by atoms with van der Waals surface area (Å²) in [6, 6.07) is 2.09. The maximum absolute atomic E-state index is 4.58. The zero-order chi connectivity index (χ0) is 11.5. The van der Waals surface area contributed by atoms with E-state index in [0.29, 0.717) is 0 Å². The van der Waals surface area contributed by atoms with Gasteiger partial charge in [0.2, 0.25) is 0 Å². The average molecular weight is 237 g/mol. The summed E-state index contributed by atoms with van der Waals surface area (Å²) in [6.07, 6.45) is 4.58. The Kier molecular flexibility index (Phi) is 3.69. The summed E-state index contributed by atoms with van der Waals surface area (Å²) in [5.74, 6) is 1.96. The summed E-state index contributed by atoms with van der Waals surface area (Å²) in [7, 11) is 0. The topological polar surface area (TPSA) is 29.0 Å². The van der Waals surface area contributed by atoms with Crippen molar-refractivity contribution in [3.8, 4) is 0 Å². The second kappa shape index (κ2) is 5.04. The van der Waals surface area contributed by atoms with Gasteiger partial charge in [0, 0.05) is 24.8 Å². The lowest BCUT2D eigenvalue weighted by molar-refractivity contribution is 0.436. The van der Waals surface area contributed by atoms with Crippen LogP contribution in [-0.4, -0.2) is 29.3 Å². The van der Waals surface area contributed by atoms with Crippen molar-refractivity contribution < 1.29 is 0 Å². The largest absolute Gasteiger partial charge is 0.356 e. The molecule has 1 aliphatic rings. The van der Waals surface area contributed by atoms with Crippen LogP contribution in [0.2, 0.25) is 0 Å². The van der Waals surface area contributed by atoms with Crippen LogP contribution in [0.3, 0.4) is 0 Å². The molecule has 0 unspecified atom stereocenters. The van der Waals surface area contributed by atoms with Crippen LogP contribution in [-0.2, 0) is 0 Å². The molecule has 1 aromatic heterocycles. The number of nitrogens with zero attached hydrogens (tertiary/aromatic N) is 3. The first-order valence-electron chi connectivity index (χ1n) is 5.83. The van der Waals surface area contributed by atoms with E-state index in [1.807, 2.05) is 13.2 Å². The second-order valence-electron chi connectivity index (χ2n) is 4.52. The van der Waals surface area contributed by atoms with Gasteiger partial charge in [0.05, 0.1) is 0 Å². The van der Waals surface area contributed by atoms with Crippen LogP contribution < -0.4 is 4.90 Å². The molecule has 2 heterocycles. The maximum Gasteiger partial charge on any atom is 0.189 e. The Balaban J connectivity index is 2.16. The molecular formula is C12H19N3S. The summed E-state index contributed by atoms with van der Waals surface area (Å²) >= 11 is 1.61. The predicted octanol–water partition coefficient (Wildman–Crippen LogP) is 2.74. The first-order valence-corrected chi connectivity index (χ1v) is 7.06. The fourth-order valence-corrected chi connectivity index (χ4v) is 2.44. The van der Waals surface area contributed by atoms with Crippen molar-refractivity contribution in [2.75, 3.05) is 24.2 Å². The molecule has 1 aromatic rings. The Morgan fingerprint density at radius 2 is 2.00 bits per heavy atom. The molecule has 3 nitrogen and oxygen atoms in total. The van der Waals surface area contributed by atoms with E-state index in [9.17, 15) is 0 Å². The predicted molar refractivity (Wildman–Crippen MR) is 69.2 cm³/mol. The van der Waals surface area contributed by atoms with Crippen molar-refractivity contribution in [2.45, 2.75) is 31.8 Å². The number of hydrogen-bond acceptors (Lipinski definition) is 4. The molecule has 16 heavy (non-hydrogen) atoms.